The zero-order valence-corrected chi connectivity index (χ0v) is 20.3. The first-order chi connectivity index (χ1) is 19.2. The molecule has 212 valence electrons. The van der Waals surface area contributed by atoms with E-state index < -0.39 is 38.7 Å². The van der Waals surface area contributed by atoms with E-state index in [2.05, 4.69) is 0 Å². The molecule has 0 saturated carbocycles. The van der Waals surface area contributed by atoms with E-state index in [4.69, 9.17) is 9.47 Å². The third kappa shape index (κ3) is 5.76. The molecule has 4 aromatic rings. The van der Waals surface area contributed by atoms with Gasteiger partial charge in [0.05, 0.1) is 9.85 Å². The third-order valence-electron chi connectivity index (χ3n) is 5.99. The number of nitrogens with zero attached hydrogens (tertiary/aromatic N) is 2. The largest absolute Gasteiger partial charge is 0.457 e. The van der Waals surface area contributed by atoms with E-state index in [9.17, 15) is 46.6 Å². The quantitative estimate of drug-likeness (QED) is 0.118. The number of nitro groups is 2. The van der Waals surface area contributed by atoms with Crippen LogP contribution in [0.5, 0.6) is 23.0 Å². The van der Waals surface area contributed by atoms with Gasteiger partial charge in [-0.15, -0.1) is 0 Å². The lowest BCUT2D eigenvalue weighted by Gasteiger charge is -2.38. The zero-order chi connectivity index (χ0) is 30.0. The number of benzene rings is 4. The maximum atomic E-state index is 14.5. The first kappa shape index (κ1) is 28.9. The molecular formula is C27H16F6N2O6. The van der Waals surface area contributed by atoms with Gasteiger partial charge in [0.2, 0.25) is 5.41 Å². The number of non-ortho nitro benzene ring substituents is 2. The first-order valence-electron chi connectivity index (χ1n) is 11.4. The van der Waals surface area contributed by atoms with Crippen molar-refractivity contribution in [2.24, 2.45) is 0 Å². The number of halogens is 6. The molecule has 0 aromatic heterocycles. The molecular weight excluding hydrogens is 562 g/mol. The van der Waals surface area contributed by atoms with Gasteiger partial charge in [0.15, 0.2) is 0 Å². The van der Waals surface area contributed by atoms with Crippen molar-refractivity contribution in [3.05, 3.63) is 128 Å². The molecule has 0 heterocycles. The molecule has 0 aliphatic carbocycles. The molecule has 0 N–H and O–H groups in total. The summed E-state index contributed by atoms with van der Waals surface area (Å²) in [4.78, 5) is 20.2. The maximum Gasteiger partial charge on any atom is 0.411 e. The Balaban J connectivity index is 1.67. The fourth-order valence-electron chi connectivity index (χ4n) is 4.07. The smallest absolute Gasteiger partial charge is 0.411 e. The number of alkyl halides is 6. The van der Waals surface area contributed by atoms with Crippen molar-refractivity contribution in [1.29, 1.82) is 0 Å². The van der Waals surface area contributed by atoms with Gasteiger partial charge in [-0.05, 0) is 59.7 Å². The van der Waals surface area contributed by atoms with Crippen LogP contribution in [-0.2, 0) is 5.41 Å². The molecule has 0 fully saturated rings. The van der Waals surface area contributed by atoms with Gasteiger partial charge >= 0.3 is 12.4 Å². The average Bonchev–Trinajstić information content (AvgIpc) is 2.90. The number of hydrogen-bond donors (Lipinski definition) is 0. The topological polar surface area (TPSA) is 105 Å². The summed E-state index contributed by atoms with van der Waals surface area (Å²) in [5.41, 5.74) is -7.15. The second-order valence-corrected chi connectivity index (χ2v) is 8.50. The first-order valence-corrected chi connectivity index (χ1v) is 11.4. The van der Waals surface area contributed by atoms with Crippen LogP contribution in [-0.4, -0.2) is 22.2 Å². The molecule has 14 heteroatoms. The molecule has 41 heavy (non-hydrogen) atoms. The SMILES string of the molecule is O=[N+]([O-])c1ccc(Oc2ccc(C(c3ccc(Oc4ccc([N+](=O)[O-])cc4)cc3)(C(F)(F)F)C(F)(F)F)cc2)cc1. The van der Waals surface area contributed by atoms with Gasteiger partial charge in [-0.3, -0.25) is 20.2 Å². The van der Waals surface area contributed by atoms with Crippen LogP contribution >= 0.6 is 0 Å². The summed E-state index contributed by atoms with van der Waals surface area (Å²) in [5.74, 6) is -0.0601. The third-order valence-corrected chi connectivity index (χ3v) is 5.99. The standard InChI is InChI=1S/C27H16F6N2O6/c28-26(29,30)25(27(31,32)33,17-1-9-21(10-2-17)40-23-13-5-19(6-14-23)34(36)37)18-3-11-22(12-4-18)41-24-15-7-20(8-16-24)35(38)39/h1-16H. The van der Waals surface area contributed by atoms with E-state index in [1.807, 2.05) is 0 Å². The normalized spacial score (nSPS) is 12.0. The second-order valence-electron chi connectivity index (χ2n) is 8.50. The predicted molar refractivity (Wildman–Crippen MR) is 132 cm³/mol. The van der Waals surface area contributed by atoms with Gasteiger partial charge in [0.1, 0.15) is 23.0 Å². The summed E-state index contributed by atoms with van der Waals surface area (Å²) in [6.45, 7) is 0. The van der Waals surface area contributed by atoms with Gasteiger partial charge < -0.3 is 9.47 Å². The molecule has 0 aliphatic rings. The number of ether oxygens (including phenoxy) is 2. The minimum absolute atomic E-state index is 0.0739. The van der Waals surface area contributed by atoms with Crippen molar-refractivity contribution >= 4 is 11.4 Å². The molecule has 0 atom stereocenters. The molecule has 0 unspecified atom stereocenters. The zero-order valence-electron chi connectivity index (χ0n) is 20.3. The monoisotopic (exact) mass is 578 g/mol. The van der Waals surface area contributed by atoms with Crippen LogP contribution in [0.4, 0.5) is 37.7 Å². The Bertz CT molecular complexity index is 1420. The fraction of sp³-hybridized carbons (Fsp3) is 0.111. The van der Waals surface area contributed by atoms with Crippen molar-refractivity contribution in [1.82, 2.24) is 0 Å². The van der Waals surface area contributed by atoms with Crippen LogP contribution in [0.15, 0.2) is 97.1 Å². The van der Waals surface area contributed by atoms with Gasteiger partial charge in [0, 0.05) is 24.3 Å². The van der Waals surface area contributed by atoms with Crippen molar-refractivity contribution in [3.63, 3.8) is 0 Å². The Kier molecular flexibility index (Phi) is 7.59. The van der Waals surface area contributed by atoms with Gasteiger partial charge in [-0.25, -0.2) is 0 Å². The van der Waals surface area contributed by atoms with E-state index >= 15 is 0 Å². The summed E-state index contributed by atoms with van der Waals surface area (Å²) in [5, 5.41) is 21.5. The lowest BCUT2D eigenvalue weighted by molar-refractivity contribution is -0.385. The van der Waals surface area contributed by atoms with Gasteiger partial charge in [-0.2, -0.15) is 26.3 Å². The Morgan fingerprint density at radius 2 is 0.707 bits per heavy atom. The maximum absolute atomic E-state index is 14.5. The number of hydrogen-bond acceptors (Lipinski definition) is 6. The van der Waals surface area contributed by atoms with Crippen molar-refractivity contribution < 1.29 is 45.7 Å². The molecule has 0 amide bonds. The predicted octanol–water partition coefficient (Wildman–Crippen LogP) is 8.50. The highest BCUT2D eigenvalue weighted by molar-refractivity contribution is 5.48. The molecule has 4 aromatic carbocycles. The minimum Gasteiger partial charge on any atom is -0.457 e. The van der Waals surface area contributed by atoms with Crippen LogP contribution in [0.3, 0.4) is 0 Å². The molecule has 0 aliphatic heterocycles. The number of rotatable bonds is 8. The molecule has 0 bridgehead atoms. The molecule has 8 nitrogen and oxygen atoms in total. The van der Waals surface area contributed by atoms with Crippen LogP contribution in [0.1, 0.15) is 11.1 Å². The molecule has 0 radical (unpaired) electrons. The summed E-state index contributed by atoms with van der Waals surface area (Å²) in [6.07, 6.45) is -11.7. The highest BCUT2D eigenvalue weighted by Gasteiger charge is 2.72. The molecule has 4 rings (SSSR count). The van der Waals surface area contributed by atoms with Gasteiger partial charge in [0.25, 0.3) is 11.4 Å². The van der Waals surface area contributed by atoms with Gasteiger partial charge in [-0.1, -0.05) is 24.3 Å². The van der Waals surface area contributed by atoms with E-state index in [1.54, 1.807) is 0 Å². The Labute approximate surface area is 226 Å². The minimum atomic E-state index is -5.83. The van der Waals surface area contributed by atoms with Crippen molar-refractivity contribution in [2.75, 3.05) is 0 Å². The Hall–Kier alpha value is -5.14. The number of nitro benzene ring substituents is 2. The van der Waals surface area contributed by atoms with E-state index in [-0.39, 0.29) is 34.4 Å². The lowest BCUT2D eigenvalue weighted by atomic mass is 9.73. The Morgan fingerprint density at radius 3 is 0.927 bits per heavy atom. The van der Waals surface area contributed by atoms with Crippen molar-refractivity contribution in [2.45, 2.75) is 17.8 Å². The van der Waals surface area contributed by atoms with Crippen LogP contribution in [0.25, 0.3) is 0 Å². The van der Waals surface area contributed by atoms with Crippen LogP contribution < -0.4 is 9.47 Å². The lowest BCUT2D eigenvalue weighted by Crippen LogP contribution is -2.54. The van der Waals surface area contributed by atoms with E-state index in [0.29, 0.717) is 24.3 Å². The molecule has 0 spiro atoms. The van der Waals surface area contributed by atoms with E-state index in [1.165, 1.54) is 24.3 Å². The van der Waals surface area contributed by atoms with Crippen molar-refractivity contribution in [3.8, 4) is 23.0 Å². The summed E-state index contributed by atoms with van der Waals surface area (Å²) < 4.78 is 97.5. The second kappa shape index (κ2) is 10.8. The highest BCUT2D eigenvalue weighted by Crippen LogP contribution is 2.56. The Morgan fingerprint density at radius 1 is 0.463 bits per heavy atom. The molecule has 0 saturated heterocycles. The highest BCUT2D eigenvalue weighted by atomic mass is 19.4. The fourth-order valence-corrected chi connectivity index (χ4v) is 4.07. The van der Waals surface area contributed by atoms with E-state index in [0.717, 1.165) is 48.5 Å². The average molecular weight is 578 g/mol. The van der Waals surface area contributed by atoms with Crippen LogP contribution in [0, 0.1) is 20.2 Å². The summed E-state index contributed by atoms with van der Waals surface area (Å²) in [7, 11) is 0. The summed E-state index contributed by atoms with van der Waals surface area (Å²) >= 11 is 0. The summed E-state index contributed by atoms with van der Waals surface area (Å²) in [6, 6.07) is 15.7. The van der Waals surface area contributed by atoms with Crippen LogP contribution in [0.2, 0.25) is 0 Å².